The van der Waals surface area contributed by atoms with Crippen molar-refractivity contribution in [1.29, 1.82) is 0 Å². The average molecular weight is 240 g/mol. The molecule has 6 heteroatoms. The first-order chi connectivity index (χ1) is 7.83. The quantitative estimate of drug-likeness (QED) is 0.748. The number of rotatable bonds is 4. The van der Waals surface area contributed by atoms with Crippen molar-refractivity contribution in [3.8, 4) is 0 Å². The second-order valence-corrected chi connectivity index (χ2v) is 4.63. The number of amides is 1. The van der Waals surface area contributed by atoms with Gasteiger partial charge in [0.2, 0.25) is 6.41 Å². The van der Waals surface area contributed by atoms with Gasteiger partial charge in [0.15, 0.2) is 5.13 Å². The standard InChI is InChI=1S/C10H16N4OS/c11-2-1-9-7-16-10(12-9)14-5-3-13(8-15)4-6-14/h7-8H,1-6,11H2. The lowest BCUT2D eigenvalue weighted by Gasteiger charge is -2.32. The molecule has 0 spiro atoms. The van der Waals surface area contributed by atoms with Gasteiger partial charge in [0.1, 0.15) is 0 Å². The number of thiazole rings is 1. The van der Waals surface area contributed by atoms with Crippen LogP contribution in [0.2, 0.25) is 0 Å². The number of carbonyl (C=O) groups excluding carboxylic acids is 1. The fraction of sp³-hybridized carbons (Fsp3) is 0.600. The van der Waals surface area contributed by atoms with Gasteiger partial charge in [-0.05, 0) is 6.54 Å². The summed E-state index contributed by atoms with van der Waals surface area (Å²) in [5.74, 6) is 0. The molecule has 0 radical (unpaired) electrons. The Morgan fingerprint density at radius 2 is 2.19 bits per heavy atom. The predicted octanol–water partition coefficient (Wildman–Crippen LogP) is -0.0773. The Morgan fingerprint density at radius 3 is 2.81 bits per heavy atom. The number of aromatic nitrogens is 1. The first-order valence-corrected chi connectivity index (χ1v) is 6.30. The summed E-state index contributed by atoms with van der Waals surface area (Å²) in [6.45, 7) is 3.95. The van der Waals surface area contributed by atoms with Crippen molar-refractivity contribution in [2.45, 2.75) is 6.42 Å². The fourth-order valence-corrected chi connectivity index (χ4v) is 2.64. The Hall–Kier alpha value is -1.14. The molecule has 1 fully saturated rings. The summed E-state index contributed by atoms with van der Waals surface area (Å²) >= 11 is 1.66. The van der Waals surface area contributed by atoms with E-state index in [1.54, 1.807) is 16.2 Å². The Bertz CT molecular complexity index is 346. The first kappa shape index (κ1) is 11.3. The van der Waals surface area contributed by atoms with Crippen LogP contribution >= 0.6 is 11.3 Å². The van der Waals surface area contributed by atoms with Crippen LogP contribution in [0.3, 0.4) is 0 Å². The molecule has 0 saturated carbocycles. The van der Waals surface area contributed by atoms with Crippen LogP contribution < -0.4 is 10.6 Å². The van der Waals surface area contributed by atoms with Crippen LogP contribution in [0.4, 0.5) is 5.13 Å². The lowest BCUT2D eigenvalue weighted by Crippen LogP contribution is -2.45. The van der Waals surface area contributed by atoms with Gasteiger partial charge in [0, 0.05) is 38.0 Å². The molecule has 2 N–H and O–H groups in total. The Morgan fingerprint density at radius 1 is 1.44 bits per heavy atom. The second kappa shape index (κ2) is 5.27. The van der Waals surface area contributed by atoms with Crippen molar-refractivity contribution in [2.75, 3.05) is 37.6 Å². The summed E-state index contributed by atoms with van der Waals surface area (Å²) in [4.78, 5) is 19.1. The third-order valence-electron chi connectivity index (χ3n) is 2.67. The average Bonchev–Trinajstić information content (AvgIpc) is 2.78. The van der Waals surface area contributed by atoms with Gasteiger partial charge in [-0.3, -0.25) is 4.79 Å². The minimum absolute atomic E-state index is 0.641. The van der Waals surface area contributed by atoms with E-state index >= 15 is 0 Å². The van der Waals surface area contributed by atoms with Gasteiger partial charge < -0.3 is 15.5 Å². The third kappa shape index (κ3) is 2.51. The molecular weight excluding hydrogens is 224 g/mol. The van der Waals surface area contributed by atoms with E-state index in [1.165, 1.54) is 0 Å². The highest BCUT2D eigenvalue weighted by Gasteiger charge is 2.17. The van der Waals surface area contributed by atoms with Crippen molar-refractivity contribution in [3.63, 3.8) is 0 Å². The highest BCUT2D eigenvalue weighted by molar-refractivity contribution is 7.13. The number of anilines is 1. The summed E-state index contributed by atoms with van der Waals surface area (Å²) in [5, 5.41) is 3.11. The van der Waals surface area contributed by atoms with Gasteiger partial charge >= 0.3 is 0 Å². The summed E-state index contributed by atoms with van der Waals surface area (Å²) in [5.41, 5.74) is 6.56. The molecule has 0 bridgehead atoms. The molecule has 2 heterocycles. The maximum atomic E-state index is 10.6. The maximum absolute atomic E-state index is 10.6. The minimum atomic E-state index is 0.641. The van der Waals surface area contributed by atoms with Crippen LogP contribution in [0.1, 0.15) is 5.69 Å². The molecule has 0 atom stereocenters. The molecule has 0 aromatic carbocycles. The number of carbonyl (C=O) groups is 1. The van der Waals surface area contributed by atoms with Crippen LogP contribution in [0.25, 0.3) is 0 Å². The zero-order valence-electron chi connectivity index (χ0n) is 9.13. The lowest BCUT2D eigenvalue weighted by molar-refractivity contribution is -0.118. The van der Waals surface area contributed by atoms with E-state index in [4.69, 9.17) is 5.73 Å². The molecule has 1 aromatic rings. The number of hydrogen-bond donors (Lipinski definition) is 1. The van der Waals surface area contributed by atoms with Crippen molar-refractivity contribution in [1.82, 2.24) is 9.88 Å². The molecule has 2 rings (SSSR count). The van der Waals surface area contributed by atoms with Gasteiger partial charge in [-0.2, -0.15) is 0 Å². The monoisotopic (exact) mass is 240 g/mol. The number of piperazine rings is 1. The molecule has 0 aliphatic carbocycles. The van der Waals surface area contributed by atoms with E-state index < -0.39 is 0 Å². The van der Waals surface area contributed by atoms with E-state index in [2.05, 4.69) is 15.3 Å². The summed E-state index contributed by atoms with van der Waals surface area (Å²) in [6.07, 6.45) is 1.75. The van der Waals surface area contributed by atoms with Gasteiger partial charge in [0.25, 0.3) is 0 Å². The number of hydrogen-bond acceptors (Lipinski definition) is 5. The first-order valence-electron chi connectivity index (χ1n) is 5.42. The SMILES string of the molecule is NCCc1csc(N2CCN(C=O)CC2)n1. The minimum Gasteiger partial charge on any atom is -0.345 e. The molecule has 1 aliphatic heterocycles. The van der Waals surface area contributed by atoms with Crippen molar-refractivity contribution < 1.29 is 4.79 Å². The van der Waals surface area contributed by atoms with E-state index in [-0.39, 0.29) is 0 Å². The van der Waals surface area contributed by atoms with E-state index in [1.807, 2.05) is 0 Å². The molecular formula is C10H16N4OS. The van der Waals surface area contributed by atoms with Crippen LogP contribution in [0, 0.1) is 0 Å². The molecule has 88 valence electrons. The largest absolute Gasteiger partial charge is 0.345 e. The Kier molecular flexibility index (Phi) is 3.74. The van der Waals surface area contributed by atoms with E-state index in [0.29, 0.717) is 6.54 Å². The predicted molar refractivity (Wildman–Crippen MR) is 64.7 cm³/mol. The molecule has 1 aliphatic rings. The number of nitrogens with two attached hydrogens (primary N) is 1. The van der Waals surface area contributed by atoms with Gasteiger partial charge in [-0.25, -0.2) is 4.98 Å². The van der Waals surface area contributed by atoms with Crippen LogP contribution in [0.5, 0.6) is 0 Å². The van der Waals surface area contributed by atoms with Crippen LogP contribution in [-0.2, 0) is 11.2 Å². The lowest BCUT2D eigenvalue weighted by atomic mass is 10.3. The summed E-state index contributed by atoms with van der Waals surface area (Å²) < 4.78 is 0. The summed E-state index contributed by atoms with van der Waals surface area (Å²) in [7, 11) is 0. The van der Waals surface area contributed by atoms with Crippen molar-refractivity contribution in [3.05, 3.63) is 11.1 Å². The third-order valence-corrected chi connectivity index (χ3v) is 3.62. The maximum Gasteiger partial charge on any atom is 0.209 e. The van der Waals surface area contributed by atoms with E-state index in [0.717, 1.165) is 49.8 Å². The number of nitrogens with zero attached hydrogens (tertiary/aromatic N) is 3. The normalized spacial score (nSPS) is 16.6. The van der Waals surface area contributed by atoms with Crippen LogP contribution in [0.15, 0.2) is 5.38 Å². The van der Waals surface area contributed by atoms with Crippen molar-refractivity contribution >= 4 is 22.9 Å². The van der Waals surface area contributed by atoms with Gasteiger partial charge in [-0.1, -0.05) is 0 Å². The molecule has 1 aromatic heterocycles. The van der Waals surface area contributed by atoms with Gasteiger partial charge in [-0.15, -0.1) is 11.3 Å². The Labute approximate surface area is 98.9 Å². The van der Waals surface area contributed by atoms with Gasteiger partial charge in [0.05, 0.1) is 5.69 Å². The van der Waals surface area contributed by atoms with E-state index in [9.17, 15) is 4.79 Å². The second-order valence-electron chi connectivity index (χ2n) is 3.79. The zero-order chi connectivity index (χ0) is 11.4. The summed E-state index contributed by atoms with van der Waals surface area (Å²) in [6, 6.07) is 0. The zero-order valence-corrected chi connectivity index (χ0v) is 9.95. The smallest absolute Gasteiger partial charge is 0.209 e. The highest BCUT2D eigenvalue weighted by Crippen LogP contribution is 2.21. The molecule has 5 nitrogen and oxygen atoms in total. The molecule has 0 unspecified atom stereocenters. The molecule has 1 saturated heterocycles. The highest BCUT2D eigenvalue weighted by atomic mass is 32.1. The Balaban J connectivity index is 1.94. The molecule has 16 heavy (non-hydrogen) atoms. The van der Waals surface area contributed by atoms with Crippen molar-refractivity contribution in [2.24, 2.45) is 5.73 Å². The topological polar surface area (TPSA) is 62.5 Å². The fourth-order valence-electron chi connectivity index (χ4n) is 1.72. The molecule has 1 amide bonds. The van der Waals surface area contributed by atoms with Crippen LogP contribution in [-0.4, -0.2) is 49.0 Å².